The van der Waals surface area contributed by atoms with Crippen molar-refractivity contribution in [3.63, 3.8) is 0 Å². The van der Waals surface area contributed by atoms with Crippen molar-refractivity contribution < 1.29 is 9.59 Å². The van der Waals surface area contributed by atoms with Gasteiger partial charge in [-0.15, -0.1) is 0 Å². The van der Waals surface area contributed by atoms with E-state index in [-0.39, 0.29) is 17.5 Å². The summed E-state index contributed by atoms with van der Waals surface area (Å²) in [7, 11) is 0. The lowest BCUT2D eigenvalue weighted by molar-refractivity contribution is -0.116. The van der Waals surface area contributed by atoms with Gasteiger partial charge in [-0.2, -0.15) is 0 Å². The van der Waals surface area contributed by atoms with Gasteiger partial charge in [0.2, 0.25) is 0 Å². The minimum absolute atomic E-state index is 0.0404. The lowest BCUT2D eigenvalue weighted by atomic mass is 9.75. The van der Waals surface area contributed by atoms with Crippen molar-refractivity contribution >= 4 is 17.3 Å². The SMILES string of the molecule is Cc1ccc([C@@H]2C3=C(CCCC3=O)NC3=C2C(=O)c2ccccc23)cc1. The zero-order chi connectivity index (χ0) is 17.8. The maximum absolute atomic E-state index is 13.2. The number of rotatable bonds is 1. The number of Topliss-reactive ketones (excluding diaryl/α,β-unsaturated/α-hetero) is 2. The molecule has 3 nitrogen and oxygen atoms in total. The average Bonchev–Trinajstić information content (AvgIpc) is 2.94. The van der Waals surface area contributed by atoms with E-state index in [2.05, 4.69) is 29.6 Å². The van der Waals surface area contributed by atoms with Crippen molar-refractivity contribution in [2.45, 2.75) is 32.1 Å². The van der Waals surface area contributed by atoms with Gasteiger partial charge in [-0.3, -0.25) is 9.59 Å². The number of allylic oxidation sites excluding steroid dienone is 3. The first-order valence-electron chi connectivity index (χ1n) is 9.13. The van der Waals surface area contributed by atoms with Crippen molar-refractivity contribution in [3.8, 4) is 0 Å². The molecule has 2 aromatic carbocycles. The standard InChI is InChI=1S/C23H19NO2/c1-13-9-11-14(12-10-13)19-20-17(7-4-8-18(20)25)24-22-15-5-2-3-6-16(15)23(26)21(19)22/h2-3,5-6,9-12,19,24H,4,7-8H2,1H3/t19-/m1/s1. The van der Waals surface area contributed by atoms with Crippen molar-refractivity contribution in [2.24, 2.45) is 0 Å². The number of fused-ring (bicyclic) bond motifs is 2. The smallest absolute Gasteiger partial charge is 0.192 e. The van der Waals surface area contributed by atoms with Crippen LogP contribution in [0, 0.1) is 6.92 Å². The Labute approximate surface area is 152 Å². The Hall–Kier alpha value is -2.94. The molecule has 2 aliphatic carbocycles. The van der Waals surface area contributed by atoms with E-state index in [1.165, 1.54) is 5.56 Å². The van der Waals surface area contributed by atoms with Crippen LogP contribution in [0.4, 0.5) is 0 Å². The Balaban J connectivity index is 1.75. The van der Waals surface area contributed by atoms with E-state index in [4.69, 9.17) is 0 Å². The number of dihydropyridines is 1. The number of hydrogen-bond donors (Lipinski definition) is 1. The quantitative estimate of drug-likeness (QED) is 0.841. The lowest BCUT2D eigenvalue weighted by Crippen LogP contribution is -2.31. The third kappa shape index (κ3) is 2.07. The molecule has 128 valence electrons. The molecule has 26 heavy (non-hydrogen) atoms. The Morgan fingerprint density at radius 3 is 2.38 bits per heavy atom. The van der Waals surface area contributed by atoms with Crippen LogP contribution in [-0.4, -0.2) is 11.6 Å². The maximum Gasteiger partial charge on any atom is 0.192 e. The van der Waals surface area contributed by atoms with Gasteiger partial charge in [0.1, 0.15) is 0 Å². The molecule has 0 radical (unpaired) electrons. The van der Waals surface area contributed by atoms with Crippen molar-refractivity contribution in [1.29, 1.82) is 0 Å². The Morgan fingerprint density at radius 2 is 1.62 bits per heavy atom. The van der Waals surface area contributed by atoms with E-state index in [1.54, 1.807) is 0 Å². The van der Waals surface area contributed by atoms with E-state index < -0.39 is 0 Å². The highest BCUT2D eigenvalue weighted by atomic mass is 16.1. The molecule has 1 N–H and O–H groups in total. The van der Waals surface area contributed by atoms with Gasteiger partial charge in [0, 0.05) is 40.3 Å². The summed E-state index contributed by atoms with van der Waals surface area (Å²) in [5.74, 6) is -0.0622. The summed E-state index contributed by atoms with van der Waals surface area (Å²) in [6.07, 6.45) is 2.28. The summed E-state index contributed by atoms with van der Waals surface area (Å²) in [6.45, 7) is 2.05. The largest absolute Gasteiger partial charge is 0.358 e. The summed E-state index contributed by atoms with van der Waals surface area (Å²) >= 11 is 0. The fraction of sp³-hybridized carbons (Fsp3) is 0.217. The minimum Gasteiger partial charge on any atom is -0.358 e. The van der Waals surface area contributed by atoms with E-state index in [0.717, 1.165) is 52.1 Å². The molecule has 3 aliphatic rings. The molecule has 1 aliphatic heterocycles. The van der Waals surface area contributed by atoms with Crippen LogP contribution in [0.25, 0.3) is 5.70 Å². The minimum atomic E-state index is -0.269. The van der Waals surface area contributed by atoms with Crippen LogP contribution in [0.1, 0.15) is 52.2 Å². The van der Waals surface area contributed by atoms with Gasteiger partial charge in [0.25, 0.3) is 0 Å². The summed E-state index contributed by atoms with van der Waals surface area (Å²) in [6, 6.07) is 15.9. The predicted octanol–water partition coefficient (Wildman–Crippen LogP) is 4.30. The van der Waals surface area contributed by atoms with Gasteiger partial charge >= 0.3 is 0 Å². The second kappa shape index (κ2) is 5.53. The first-order chi connectivity index (χ1) is 12.6. The van der Waals surface area contributed by atoms with Crippen LogP contribution in [0.3, 0.4) is 0 Å². The molecule has 0 saturated heterocycles. The van der Waals surface area contributed by atoms with Gasteiger partial charge < -0.3 is 5.32 Å². The molecular formula is C23H19NO2. The highest BCUT2D eigenvalue weighted by molar-refractivity contribution is 6.23. The molecule has 0 unspecified atom stereocenters. The number of ketones is 2. The van der Waals surface area contributed by atoms with Crippen LogP contribution >= 0.6 is 0 Å². The van der Waals surface area contributed by atoms with Crippen LogP contribution in [0.5, 0.6) is 0 Å². The van der Waals surface area contributed by atoms with Gasteiger partial charge in [0.15, 0.2) is 11.6 Å². The Bertz CT molecular complexity index is 1020. The Morgan fingerprint density at radius 1 is 0.885 bits per heavy atom. The second-order valence-electron chi connectivity index (χ2n) is 7.30. The predicted molar refractivity (Wildman–Crippen MR) is 101 cm³/mol. The summed E-state index contributed by atoms with van der Waals surface area (Å²) in [4.78, 5) is 26.0. The van der Waals surface area contributed by atoms with Gasteiger partial charge in [-0.05, 0) is 25.3 Å². The molecule has 3 heteroatoms. The molecule has 0 aromatic heterocycles. The van der Waals surface area contributed by atoms with Crippen LogP contribution in [0.2, 0.25) is 0 Å². The first-order valence-corrected chi connectivity index (χ1v) is 9.13. The van der Waals surface area contributed by atoms with Crippen molar-refractivity contribution in [3.05, 3.63) is 87.6 Å². The molecule has 0 amide bonds. The number of carbonyl (C=O) groups is 2. The van der Waals surface area contributed by atoms with E-state index >= 15 is 0 Å². The van der Waals surface area contributed by atoms with E-state index in [9.17, 15) is 9.59 Å². The van der Waals surface area contributed by atoms with Gasteiger partial charge in [-0.25, -0.2) is 0 Å². The molecule has 0 bridgehead atoms. The molecule has 5 rings (SSSR count). The van der Waals surface area contributed by atoms with Crippen LogP contribution in [0.15, 0.2) is 65.4 Å². The van der Waals surface area contributed by atoms with Crippen LogP contribution in [-0.2, 0) is 4.79 Å². The molecule has 0 saturated carbocycles. The van der Waals surface area contributed by atoms with Crippen molar-refractivity contribution in [1.82, 2.24) is 5.32 Å². The topological polar surface area (TPSA) is 46.2 Å². The lowest BCUT2D eigenvalue weighted by Gasteiger charge is -2.33. The summed E-state index contributed by atoms with van der Waals surface area (Å²) in [5, 5.41) is 3.46. The number of nitrogens with one attached hydrogen (secondary N) is 1. The van der Waals surface area contributed by atoms with Crippen molar-refractivity contribution in [2.75, 3.05) is 0 Å². The molecular weight excluding hydrogens is 322 g/mol. The first kappa shape index (κ1) is 15.3. The Kier molecular flexibility index (Phi) is 3.26. The second-order valence-corrected chi connectivity index (χ2v) is 7.30. The van der Waals surface area contributed by atoms with E-state index in [1.807, 2.05) is 31.2 Å². The molecule has 0 fully saturated rings. The number of aryl methyl sites for hydroxylation is 1. The molecule has 2 aromatic rings. The monoisotopic (exact) mass is 341 g/mol. The summed E-state index contributed by atoms with van der Waals surface area (Å²) in [5.41, 5.74) is 7.28. The molecule has 0 spiro atoms. The summed E-state index contributed by atoms with van der Waals surface area (Å²) < 4.78 is 0. The number of carbonyl (C=O) groups excluding carboxylic acids is 2. The number of hydrogen-bond acceptors (Lipinski definition) is 3. The zero-order valence-electron chi connectivity index (χ0n) is 14.6. The zero-order valence-corrected chi connectivity index (χ0v) is 14.6. The van der Waals surface area contributed by atoms with Gasteiger partial charge in [0.05, 0.1) is 5.70 Å². The molecule has 1 atom stereocenters. The fourth-order valence-corrected chi connectivity index (χ4v) is 4.43. The highest BCUT2D eigenvalue weighted by Crippen LogP contribution is 2.48. The maximum atomic E-state index is 13.2. The fourth-order valence-electron chi connectivity index (χ4n) is 4.43. The highest BCUT2D eigenvalue weighted by Gasteiger charge is 2.43. The number of benzene rings is 2. The normalized spacial score (nSPS) is 21.3. The average molecular weight is 341 g/mol. The van der Waals surface area contributed by atoms with Gasteiger partial charge in [-0.1, -0.05) is 54.1 Å². The third-order valence-electron chi connectivity index (χ3n) is 5.68. The van der Waals surface area contributed by atoms with Crippen LogP contribution < -0.4 is 5.32 Å². The third-order valence-corrected chi connectivity index (χ3v) is 5.68. The van der Waals surface area contributed by atoms with E-state index in [0.29, 0.717) is 6.42 Å². The molecule has 1 heterocycles.